The van der Waals surface area contributed by atoms with Crippen molar-refractivity contribution >= 4 is 28.5 Å². The van der Waals surface area contributed by atoms with E-state index in [2.05, 4.69) is 29.5 Å². The number of hydrogen-bond acceptors (Lipinski definition) is 6. The molecule has 9 heteroatoms. The maximum absolute atomic E-state index is 14.0. The Morgan fingerprint density at radius 1 is 1.11 bits per heavy atom. The molecule has 2 aromatic carbocycles. The zero-order chi connectivity index (χ0) is 25.8. The summed E-state index contributed by atoms with van der Waals surface area (Å²) in [5.74, 6) is 0.0432. The highest BCUT2D eigenvalue weighted by Crippen LogP contribution is 2.30. The predicted octanol–water partition coefficient (Wildman–Crippen LogP) is 4.22. The summed E-state index contributed by atoms with van der Waals surface area (Å²) < 4.78 is 12.9. The van der Waals surface area contributed by atoms with Crippen LogP contribution in [0.3, 0.4) is 0 Å². The van der Waals surface area contributed by atoms with Crippen LogP contribution in [0.5, 0.6) is 0 Å². The molecule has 1 N–H and O–H groups in total. The highest BCUT2D eigenvalue weighted by Gasteiger charge is 2.35. The van der Waals surface area contributed by atoms with Crippen LogP contribution in [0.2, 0.25) is 0 Å². The Morgan fingerprint density at radius 3 is 2.62 bits per heavy atom. The Labute approximate surface area is 215 Å². The number of aromatic nitrogens is 3. The average molecular weight is 502 g/mol. The van der Waals surface area contributed by atoms with E-state index in [1.807, 2.05) is 48.5 Å². The second-order valence-corrected chi connectivity index (χ2v) is 9.54. The number of ether oxygens (including phenoxy) is 1. The van der Waals surface area contributed by atoms with Crippen molar-refractivity contribution in [2.45, 2.75) is 51.3 Å². The quantitative estimate of drug-likeness (QED) is 0.368. The van der Waals surface area contributed by atoms with E-state index >= 15 is 0 Å². The SMILES string of the molecule is CC(C)c1ccc(N(C(=O)Cn2nnc3ccccc32)[C@H](C(=O)NC[C@H]2CCCO2)c2ccco2)cc1. The Morgan fingerprint density at radius 2 is 1.92 bits per heavy atom. The van der Waals surface area contributed by atoms with Crippen LogP contribution >= 0.6 is 0 Å². The van der Waals surface area contributed by atoms with Crippen molar-refractivity contribution in [1.82, 2.24) is 20.3 Å². The van der Waals surface area contributed by atoms with Crippen LogP contribution in [0, 0.1) is 0 Å². The number of benzene rings is 2. The lowest BCUT2D eigenvalue weighted by atomic mass is 10.0. The molecule has 2 amide bonds. The lowest BCUT2D eigenvalue weighted by molar-refractivity contribution is -0.127. The van der Waals surface area contributed by atoms with Crippen LogP contribution in [0.25, 0.3) is 11.0 Å². The van der Waals surface area contributed by atoms with E-state index in [-0.39, 0.29) is 24.5 Å². The van der Waals surface area contributed by atoms with Crippen LogP contribution in [-0.4, -0.2) is 46.1 Å². The van der Waals surface area contributed by atoms with Crippen LogP contribution < -0.4 is 10.2 Å². The summed E-state index contributed by atoms with van der Waals surface area (Å²) in [6.45, 7) is 5.19. The van der Waals surface area contributed by atoms with Gasteiger partial charge in [0.1, 0.15) is 17.8 Å². The number of carbonyl (C=O) groups excluding carboxylic acids is 2. The normalized spacial score (nSPS) is 16.2. The van der Waals surface area contributed by atoms with E-state index in [9.17, 15) is 9.59 Å². The molecule has 0 saturated carbocycles. The lowest BCUT2D eigenvalue weighted by Crippen LogP contribution is -2.46. The van der Waals surface area contributed by atoms with E-state index in [0.29, 0.717) is 36.0 Å². The van der Waals surface area contributed by atoms with Gasteiger partial charge in [0, 0.05) is 18.8 Å². The van der Waals surface area contributed by atoms with Crippen LogP contribution in [-0.2, 0) is 20.9 Å². The van der Waals surface area contributed by atoms with Crippen molar-refractivity contribution < 1.29 is 18.7 Å². The van der Waals surface area contributed by atoms with Crippen molar-refractivity contribution in [1.29, 1.82) is 0 Å². The minimum atomic E-state index is -1.01. The van der Waals surface area contributed by atoms with Gasteiger partial charge in [0.25, 0.3) is 5.91 Å². The van der Waals surface area contributed by atoms with Gasteiger partial charge in [0.15, 0.2) is 6.04 Å². The van der Waals surface area contributed by atoms with Gasteiger partial charge in [-0.05, 0) is 60.7 Å². The number of nitrogens with one attached hydrogen (secondary N) is 1. The largest absolute Gasteiger partial charge is 0.467 e. The van der Waals surface area contributed by atoms with Crippen molar-refractivity contribution in [3.8, 4) is 0 Å². The molecule has 0 unspecified atom stereocenters. The van der Waals surface area contributed by atoms with Crippen molar-refractivity contribution in [3.05, 3.63) is 78.3 Å². The predicted molar refractivity (Wildman–Crippen MR) is 139 cm³/mol. The lowest BCUT2D eigenvalue weighted by Gasteiger charge is -2.30. The van der Waals surface area contributed by atoms with Gasteiger partial charge in [-0.3, -0.25) is 14.5 Å². The smallest absolute Gasteiger partial charge is 0.251 e. The van der Waals surface area contributed by atoms with Gasteiger partial charge >= 0.3 is 0 Å². The summed E-state index contributed by atoms with van der Waals surface area (Å²) in [6, 6.07) is 17.6. The monoisotopic (exact) mass is 501 g/mol. The summed E-state index contributed by atoms with van der Waals surface area (Å²) in [4.78, 5) is 29.1. The number of carbonyl (C=O) groups is 2. The number of nitrogens with zero attached hydrogens (tertiary/aromatic N) is 4. The minimum Gasteiger partial charge on any atom is -0.467 e. The van der Waals surface area contributed by atoms with E-state index in [4.69, 9.17) is 9.15 Å². The summed E-state index contributed by atoms with van der Waals surface area (Å²) >= 11 is 0. The Bertz CT molecular complexity index is 1340. The Kier molecular flexibility index (Phi) is 7.32. The van der Waals surface area contributed by atoms with Crippen LogP contribution in [0.15, 0.2) is 71.3 Å². The van der Waals surface area contributed by atoms with E-state index in [0.717, 1.165) is 23.9 Å². The fourth-order valence-corrected chi connectivity index (χ4v) is 4.63. The van der Waals surface area contributed by atoms with Gasteiger partial charge in [-0.25, -0.2) is 4.68 Å². The van der Waals surface area contributed by atoms with Crippen molar-refractivity contribution in [2.75, 3.05) is 18.1 Å². The fourth-order valence-electron chi connectivity index (χ4n) is 4.63. The molecule has 3 heterocycles. The molecule has 0 bridgehead atoms. The summed E-state index contributed by atoms with van der Waals surface area (Å²) in [7, 11) is 0. The highest BCUT2D eigenvalue weighted by atomic mass is 16.5. The number of amides is 2. The Balaban J connectivity index is 1.50. The molecular formula is C28H31N5O4. The third-order valence-electron chi connectivity index (χ3n) is 6.66. The number of anilines is 1. The number of hydrogen-bond donors (Lipinski definition) is 1. The highest BCUT2D eigenvalue weighted by molar-refractivity contribution is 6.01. The van der Waals surface area contributed by atoms with Crippen LogP contribution in [0.1, 0.15) is 50.0 Å². The zero-order valence-corrected chi connectivity index (χ0v) is 21.0. The third kappa shape index (κ3) is 5.41. The molecule has 1 fully saturated rings. The molecule has 2 aromatic heterocycles. The molecule has 0 radical (unpaired) electrons. The van der Waals surface area contributed by atoms with Gasteiger partial charge in [0.2, 0.25) is 5.91 Å². The minimum absolute atomic E-state index is 0.0304. The van der Waals surface area contributed by atoms with E-state index in [1.165, 1.54) is 11.2 Å². The van der Waals surface area contributed by atoms with Gasteiger partial charge in [0.05, 0.1) is 17.9 Å². The number of furan rings is 1. The second-order valence-electron chi connectivity index (χ2n) is 9.54. The van der Waals surface area contributed by atoms with Gasteiger partial charge < -0.3 is 14.5 Å². The summed E-state index contributed by atoms with van der Waals surface area (Å²) in [5, 5.41) is 11.3. The maximum Gasteiger partial charge on any atom is 0.251 e. The first-order chi connectivity index (χ1) is 18.0. The standard InChI is InChI=1S/C28H31N5O4/c1-19(2)20-11-13-21(14-12-20)33(26(34)18-32-24-9-4-3-8-23(24)30-31-32)27(25-10-6-16-37-25)28(35)29-17-22-7-5-15-36-22/h3-4,6,8-14,16,19,22,27H,5,7,15,17-18H2,1-2H3,(H,29,35)/t22-,27+/m1/s1. The third-order valence-corrected chi connectivity index (χ3v) is 6.66. The topological polar surface area (TPSA) is 102 Å². The molecule has 37 heavy (non-hydrogen) atoms. The second kappa shape index (κ2) is 11.0. The average Bonchev–Trinajstić information content (AvgIpc) is 3.69. The van der Waals surface area contributed by atoms with Gasteiger partial charge in [-0.2, -0.15) is 0 Å². The van der Waals surface area contributed by atoms with E-state index in [1.54, 1.807) is 16.8 Å². The molecule has 5 rings (SSSR count). The number of fused-ring (bicyclic) bond motifs is 1. The van der Waals surface area contributed by atoms with Crippen molar-refractivity contribution in [2.24, 2.45) is 0 Å². The summed E-state index contributed by atoms with van der Waals surface area (Å²) in [6.07, 6.45) is 3.34. The molecule has 4 aromatic rings. The molecule has 0 spiro atoms. The maximum atomic E-state index is 14.0. The first kappa shape index (κ1) is 24.7. The Hall–Kier alpha value is -3.98. The molecular weight excluding hydrogens is 470 g/mol. The molecule has 192 valence electrons. The fraction of sp³-hybridized carbons (Fsp3) is 0.357. The molecule has 9 nitrogen and oxygen atoms in total. The first-order valence-corrected chi connectivity index (χ1v) is 12.6. The molecule has 1 aliphatic rings. The first-order valence-electron chi connectivity index (χ1n) is 12.6. The molecule has 1 aliphatic heterocycles. The van der Waals surface area contributed by atoms with E-state index < -0.39 is 6.04 Å². The number of para-hydroxylation sites is 1. The summed E-state index contributed by atoms with van der Waals surface area (Å²) in [5.41, 5.74) is 3.16. The van der Waals surface area contributed by atoms with Gasteiger partial charge in [-0.15, -0.1) is 5.10 Å². The van der Waals surface area contributed by atoms with Gasteiger partial charge in [-0.1, -0.05) is 43.3 Å². The molecule has 0 aliphatic carbocycles. The van der Waals surface area contributed by atoms with Crippen molar-refractivity contribution in [3.63, 3.8) is 0 Å². The zero-order valence-electron chi connectivity index (χ0n) is 21.0. The molecule has 2 atom stereocenters. The van der Waals surface area contributed by atoms with Crippen LogP contribution in [0.4, 0.5) is 5.69 Å². The molecule has 1 saturated heterocycles. The number of rotatable bonds is 9.